The summed E-state index contributed by atoms with van der Waals surface area (Å²) in [6.07, 6.45) is 1.71. The van der Waals surface area contributed by atoms with Crippen molar-refractivity contribution in [2.45, 2.75) is 19.3 Å². The van der Waals surface area contributed by atoms with Crippen LogP contribution in [0.4, 0.5) is 0 Å². The molecular weight excluding hydrogens is 326 g/mol. The molecule has 0 saturated carbocycles. The molecule has 1 saturated heterocycles. The van der Waals surface area contributed by atoms with Crippen LogP contribution in [0.3, 0.4) is 0 Å². The van der Waals surface area contributed by atoms with E-state index >= 15 is 0 Å². The summed E-state index contributed by atoms with van der Waals surface area (Å²) in [5.41, 5.74) is 1.07. The number of halogens is 1. The zero-order valence-electron chi connectivity index (χ0n) is 12.2. The summed E-state index contributed by atoms with van der Waals surface area (Å²) in [7, 11) is -3.64. The van der Waals surface area contributed by atoms with Crippen LogP contribution in [0.15, 0.2) is 24.3 Å². The maximum Gasteiger partial charge on any atom is 0.276 e. The van der Waals surface area contributed by atoms with Crippen molar-refractivity contribution in [1.82, 2.24) is 9.62 Å². The topological polar surface area (TPSA) is 92.5 Å². The number of piperidine rings is 1. The molecule has 0 bridgehead atoms. The normalized spacial score (nSPS) is 17.4. The first-order chi connectivity index (χ1) is 10.4. The second-order valence-corrected chi connectivity index (χ2v) is 7.37. The average Bonchev–Trinajstić information content (AvgIpc) is 2.46. The monoisotopic (exact) mass is 345 g/mol. The summed E-state index contributed by atoms with van der Waals surface area (Å²) in [4.78, 5) is 12.1. The Balaban J connectivity index is 1.75. The van der Waals surface area contributed by atoms with E-state index < -0.39 is 10.2 Å². The van der Waals surface area contributed by atoms with Crippen LogP contribution in [0.5, 0.6) is 0 Å². The standard InChI is InChI=1S/C14H20ClN3O3S/c15-13-3-1-2-11(10-13)4-7-17-14(19)12-5-8-18(9-6-12)22(16,20)21/h1-3,10,12H,4-9H2,(H,17,19)(H2,16,20,21). The fourth-order valence-corrected chi connectivity index (χ4v) is 3.47. The zero-order chi connectivity index (χ0) is 16.2. The molecule has 122 valence electrons. The van der Waals surface area contributed by atoms with Gasteiger partial charge in [-0.2, -0.15) is 12.7 Å². The smallest absolute Gasteiger partial charge is 0.276 e. The van der Waals surface area contributed by atoms with Crippen LogP contribution < -0.4 is 10.5 Å². The lowest BCUT2D eigenvalue weighted by molar-refractivity contribution is -0.126. The van der Waals surface area contributed by atoms with Gasteiger partial charge in [0.25, 0.3) is 10.2 Å². The molecule has 1 aliphatic rings. The summed E-state index contributed by atoms with van der Waals surface area (Å²) in [6, 6.07) is 7.52. The maximum absolute atomic E-state index is 12.1. The Morgan fingerprint density at radius 2 is 2.05 bits per heavy atom. The number of benzene rings is 1. The van der Waals surface area contributed by atoms with Gasteiger partial charge in [0.15, 0.2) is 0 Å². The molecule has 0 spiro atoms. The van der Waals surface area contributed by atoms with Crippen molar-refractivity contribution in [1.29, 1.82) is 0 Å². The number of hydrogen-bond donors (Lipinski definition) is 2. The number of nitrogens with zero attached hydrogens (tertiary/aromatic N) is 1. The summed E-state index contributed by atoms with van der Waals surface area (Å²) >= 11 is 5.91. The van der Waals surface area contributed by atoms with Gasteiger partial charge in [-0.1, -0.05) is 23.7 Å². The first-order valence-corrected chi connectivity index (χ1v) is 9.04. The minimum absolute atomic E-state index is 0.0314. The molecular formula is C14H20ClN3O3S. The lowest BCUT2D eigenvalue weighted by atomic mass is 9.97. The third-order valence-corrected chi connectivity index (χ3v) is 5.11. The molecule has 1 aliphatic heterocycles. The van der Waals surface area contributed by atoms with E-state index in [1.165, 1.54) is 4.31 Å². The van der Waals surface area contributed by atoms with Crippen molar-refractivity contribution in [2.75, 3.05) is 19.6 Å². The van der Waals surface area contributed by atoms with Gasteiger partial charge in [-0.05, 0) is 37.0 Å². The summed E-state index contributed by atoms with van der Waals surface area (Å²) in [6.45, 7) is 1.13. The van der Waals surface area contributed by atoms with Crippen LogP contribution in [-0.2, 0) is 21.4 Å². The molecule has 22 heavy (non-hydrogen) atoms. The SMILES string of the molecule is NS(=O)(=O)N1CCC(C(=O)NCCc2cccc(Cl)c2)CC1. The van der Waals surface area contributed by atoms with Gasteiger partial charge in [0.05, 0.1) is 0 Å². The third-order valence-electron chi connectivity index (χ3n) is 3.79. The van der Waals surface area contributed by atoms with Gasteiger partial charge < -0.3 is 5.32 Å². The first-order valence-electron chi connectivity index (χ1n) is 7.16. The van der Waals surface area contributed by atoms with E-state index in [1.807, 2.05) is 24.3 Å². The second-order valence-electron chi connectivity index (χ2n) is 5.39. The molecule has 1 aromatic carbocycles. The molecule has 1 fully saturated rings. The van der Waals surface area contributed by atoms with Crippen molar-refractivity contribution in [3.63, 3.8) is 0 Å². The van der Waals surface area contributed by atoms with Crippen LogP contribution in [-0.4, -0.2) is 38.3 Å². The minimum Gasteiger partial charge on any atom is -0.356 e. The number of nitrogens with two attached hydrogens (primary N) is 1. The quantitative estimate of drug-likeness (QED) is 0.830. The zero-order valence-corrected chi connectivity index (χ0v) is 13.7. The van der Waals surface area contributed by atoms with E-state index in [4.69, 9.17) is 16.7 Å². The van der Waals surface area contributed by atoms with E-state index in [0.29, 0.717) is 43.9 Å². The Labute approximate surface area is 135 Å². The van der Waals surface area contributed by atoms with Crippen molar-refractivity contribution >= 4 is 27.7 Å². The second kappa shape index (κ2) is 7.41. The third kappa shape index (κ3) is 4.95. The van der Waals surface area contributed by atoms with Gasteiger partial charge in [-0.25, -0.2) is 5.14 Å². The number of carbonyl (C=O) groups is 1. The van der Waals surface area contributed by atoms with Gasteiger partial charge in [-0.15, -0.1) is 0 Å². The molecule has 0 aliphatic carbocycles. The fourth-order valence-electron chi connectivity index (χ4n) is 2.54. The van der Waals surface area contributed by atoms with Crippen molar-refractivity contribution < 1.29 is 13.2 Å². The highest BCUT2D eigenvalue weighted by Crippen LogP contribution is 2.18. The Morgan fingerprint density at radius 1 is 1.36 bits per heavy atom. The molecule has 1 aromatic rings. The lowest BCUT2D eigenvalue weighted by Gasteiger charge is -2.29. The number of amides is 1. The molecule has 3 N–H and O–H groups in total. The molecule has 0 aromatic heterocycles. The Hall–Kier alpha value is -1.15. The minimum atomic E-state index is -3.64. The molecule has 8 heteroatoms. The molecule has 0 radical (unpaired) electrons. The summed E-state index contributed by atoms with van der Waals surface area (Å²) in [5.74, 6) is -0.187. The van der Waals surface area contributed by atoms with Gasteiger partial charge in [0.2, 0.25) is 5.91 Å². The summed E-state index contributed by atoms with van der Waals surface area (Å²) < 4.78 is 23.6. The molecule has 0 atom stereocenters. The highest BCUT2D eigenvalue weighted by molar-refractivity contribution is 7.86. The van der Waals surface area contributed by atoms with Crippen LogP contribution >= 0.6 is 11.6 Å². The number of rotatable bonds is 5. The highest BCUT2D eigenvalue weighted by atomic mass is 35.5. The van der Waals surface area contributed by atoms with Gasteiger partial charge in [0, 0.05) is 30.6 Å². The molecule has 6 nitrogen and oxygen atoms in total. The van der Waals surface area contributed by atoms with Gasteiger partial charge >= 0.3 is 0 Å². The van der Waals surface area contributed by atoms with Crippen molar-refractivity contribution in [3.8, 4) is 0 Å². The molecule has 2 rings (SSSR count). The molecule has 0 unspecified atom stereocenters. The van der Waals surface area contributed by atoms with Crippen LogP contribution in [0.25, 0.3) is 0 Å². The predicted octanol–water partition coefficient (Wildman–Crippen LogP) is 0.914. The Bertz CT molecular complexity index is 628. The lowest BCUT2D eigenvalue weighted by Crippen LogP contribution is -2.45. The Morgan fingerprint density at radius 3 is 2.64 bits per heavy atom. The van der Waals surface area contributed by atoms with E-state index in [1.54, 1.807) is 0 Å². The number of nitrogens with one attached hydrogen (secondary N) is 1. The Kier molecular flexibility index (Phi) is 5.80. The average molecular weight is 346 g/mol. The van der Waals surface area contributed by atoms with E-state index in [9.17, 15) is 13.2 Å². The van der Waals surface area contributed by atoms with E-state index in [2.05, 4.69) is 5.32 Å². The predicted molar refractivity (Wildman–Crippen MR) is 85.6 cm³/mol. The molecule has 1 amide bonds. The van der Waals surface area contributed by atoms with Crippen LogP contribution in [0.2, 0.25) is 5.02 Å². The molecule has 1 heterocycles. The maximum atomic E-state index is 12.1. The largest absolute Gasteiger partial charge is 0.356 e. The van der Waals surface area contributed by atoms with Crippen LogP contribution in [0, 0.1) is 5.92 Å². The van der Waals surface area contributed by atoms with Gasteiger partial charge in [-0.3, -0.25) is 4.79 Å². The van der Waals surface area contributed by atoms with Crippen molar-refractivity contribution in [3.05, 3.63) is 34.9 Å². The number of hydrogen-bond acceptors (Lipinski definition) is 3. The summed E-state index contributed by atoms with van der Waals surface area (Å²) in [5, 5.41) is 8.65. The van der Waals surface area contributed by atoms with E-state index in [0.717, 1.165) is 5.56 Å². The fraction of sp³-hybridized carbons (Fsp3) is 0.500. The van der Waals surface area contributed by atoms with Crippen LogP contribution in [0.1, 0.15) is 18.4 Å². The highest BCUT2D eigenvalue weighted by Gasteiger charge is 2.28. The number of carbonyl (C=O) groups excluding carboxylic acids is 1. The van der Waals surface area contributed by atoms with E-state index in [-0.39, 0.29) is 11.8 Å². The first kappa shape index (κ1) is 17.2. The van der Waals surface area contributed by atoms with Crippen molar-refractivity contribution in [2.24, 2.45) is 11.1 Å². The van der Waals surface area contributed by atoms with Gasteiger partial charge in [0.1, 0.15) is 0 Å².